The van der Waals surface area contributed by atoms with E-state index in [1.165, 1.54) is 0 Å². The average Bonchev–Trinajstić information content (AvgIpc) is 2.43. The first-order valence-electron chi connectivity index (χ1n) is 5.28. The third kappa shape index (κ3) is 2.28. The SMILES string of the molecule is CCOc1cc(Br)c2c(c1)C(=O)COCC2. The zero-order valence-electron chi connectivity index (χ0n) is 9.09. The van der Waals surface area contributed by atoms with Crippen molar-refractivity contribution in [1.82, 2.24) is 0 Å². The van der Waals surface area contributed by atoms with E-state index < -0.39 is 0 Å². The molecule has 0 radical (unpaired) electrons. The maximum absolute atomic E-state index is 11.8. The standard InChI is InChI=1S/C12H13BrO3/c1-2-16-8-5-10-9(11(13)6-8)3-4-15-7-12(10)14/h5-6H,2-4,7H2,1H3. The molecular weight excluding hydrogens is 272 g/mol. The summed E-state index contributed by atoms with van der Waals surface area (Å²) in [6, 6.07) is 3.71. The highest BCUT2D eigenvalue weighted by molar-refractivity contribution is 9.10. The Bertz CT molecular complexity index is 415. The van der Waals surface area contributed by atoms with Gasteiger partial charge < -0.3 is 9.47 Å². The predicted octanol–water partition coefficient (Wildman–Crippen LogP) is 2.60. The molecule has 2 rings (SSSR count). The van der Waals surface area contributed by atoms with Crippen molar-refractivity contribution in [3.8, 4) is 5.75 Å². The average molecular weight is 285 g/mol. The van der Waals surface area contributed by atoms with Gasteiger partial charge in [0.1, 0.15) is 12.4 Å². The number of ketones is 1. The summed E-state index contributed by atoms with van der Waals surface area (Å²) in [4.78, 5) is 11.8. The van der Waals surface area contributed by atoms with Gasteiger partial charge in [-0.3, -0.25) is 4.79 Å². The van der Waals surface area contributed by atoms with Crippen molar-refractivity contribution in [1.29, 1.82) is 0 Å². The lowest BCUT2D eigenvalue weighted by Gasteiger charge is -2.10. The number of carbonyl (C=O) groups excluding carboxylic acids is 1. The Balaban J connectivity index is 2.46. The summed E-state index contributed by atoms with van der Waals surface area (Å²) in [6.45, 7) is 3.26. The molecule has 0 bridgehead atoms. The lowest BCUT2D eigenvalue weighted by Crippen LogP contribution is -2.07. The maximum Gasteiger partial charge on any atom is 0.188 e. The molecule has 0 fully saturated rings. The molecule has 0 saturated carbocycles. The van der Waals surface area contributed by atoms with Gasteiger partial charge >= 0.3 is 0 Å². The smallest absolute Gasteiger partial charge is 0.188 e. The van der Waals surface area contributed by atoms with Gasteiger partial charge in [-0.15, -0.1) is 0 Å². The Hall–Kier alpha value is -0.870. The van der Waals surface area contributed by atoms with Gasteiger partial charge in [-0.05, 0) is 31.0 Å². The van der Waals surface area contributed by atoms with Crippen LogP contribution in [0.5, 0.6) is 5.75 Å². The number of hydrogen-bond donors (Lipinski definition) is 0. The van der Waals surface area contributed by atoms with Gasteiger partial charge in [0, 0.05) is 10.0 Å². The fourth-order valence-electron chi connectivity index (χ4n) is 1.78. The molecule has 0 N–H and O–H groups in total. The molecule has 0 saturated heterocycles. The molecule has 0 aliphatic carbocycles. The van der Waals surface area contributed by atoms with Gasteiger partial charge in [0.25, 0.3) is 0 Å². The first kappa shape index (κ1) is 11.6. The predicted molar refractivity (Wildman–Crippen MR) is 64.2 cm³/mol. The van der Waals surface area contributed by atoms with E-state index in [0.717, 1.165) is 27.8 Å². The minimum atomic E-state index is 0.0229. The fourth-order valence-corrected chi connectivity index (χ4v) is 2.42. The number of ether oxygens (including phenoxy) is 2. The molecule has 4 heteroatoms. The molecule has 1 heterocycles. The van der Waals surface area contributed by atoms with Crippen LogP contribution in [0.25, 0.3) is 0 Å². The molecule has 0 unspecified atom stereocenters. The molecule has 0 atom stereocenters. The second-order valence-corrected chi connectivity index (χ2v) is 4.44. The monoisotopic (exact) mass is 284 g/mol. The van der Waals surface area contributed by atoms with Crippen LogP contribution < -0.4 is 4.74 Å². The summed E-state index contributed by atoms with van der Waals surface area (Å²) < 4.78 is 11.6. The third-order valence-corrected chi connectivity index (χ3v) is 3.22. The second-order valence-electron chi connectivity index (χ2n) is 3.59. The van der Waals surface area contributed by atoms with Crippen LogP contribution in [-0.4, -0.2) is 25.6 Å². The first-order valence-corrected chi connectivity index (χ1v) is 6.08. The van der Waals surface area contributed by atoms with Gasteiger partial charge in [-0.2, -0.15) is 0 Å². The van der Waals surface area contributed by atoms with Crippen LogP contribution >= 0.6 is 15.9 Å². The number of Topliss-reactive ketones (excluding diaryl/α,β-unsaturated/α-hetero) is 1. The molecule has 1 aliphatic heterocycles. The van der Waals surface area contributed by atoms with E-state index in [9.17, 15) is 4.79 Å². The van der Waals surface area contributed by atoms with Crippen molar-refractivity contribution in [2.75, 3.05) is 19.8 Å². The van der Waals surface area contributed by atoms with Crippen molar-refractivity contribution in [2.45, 2.75) is 13.3 Å². The minimum absolute atomic E-state index is 0.0229. The second kappa shape index (κ2) is 4.97. The van der Waals surface area contributed by atoms with Crippen LogP contribution in [0.1, 0.15) is 22.8 Å². The molecular formula is C12H13BrO3. The maximum atomic E-state index is 11.8. The lowest BCUT2D eigenvalue weighted by atomic mass is 10.0. The van der Waals surface area contributed by atoms with Crippen molar-refractivity contribution >= 4 is 21.7 Å². The van der Waals surface area contributed by atoms with Gasteiger partial charge in [0.2, 0.25) is 0 Å². The number of carbonyl (C=O) groups is 1. The first-order chi connectivity index (χ1) is 7.72. The summed E-state index contributed by atoms with van der Waals surface area (Å²) in [5, 5.41) is 0. The number of benzene rings is 1. The number of halogens is 1. The molecule has 0 spiro atoms. The molecule has 1 aromatic rings. The summed E-state index contributed by atoms with van der Waals surface area (Å²) >= 11 is 3.48. The van der Waals surface area contributed by atoms with Crippen LogP contribution in [0, 0.1) is 0 Å². The highest BCUT2D eigenvalue weighted by Gasteiger charge is 2.19. The number of fused-ring (bicyclic) bond motifs is 1. The van der Waals surface area contributed by atoms with Crippen LogP contribution in [0.3, 0.4) is 0 Å². The quantitative estimate of drug-likeness (QED) is 0.838. The Labute approximate surface area is 103 Å². The van der Waals surface area contributed by atoms with E-state index in [2.05, 4.69) is 15.9 Å². The van der Waals surface area contributed by atoms with Crippen LogP contribution in [0.4, 0.5) is 0 Å². The van der Waals surface area contributed by atoms with E-state index in [4.69, 9.17) is 9.47 Å². The Kier molecular flexibility index (Phi) is 3.61. The highest BCUT2D eigenvalue weighted by Crippen LogP contribution is 2.29. The minimum Gasteiger partial charge on any atom is -0.494 e. The van der Waals surface area contributed by atoms with Gasteiger partial charge in [0.15, 0.2) is 5.78 Å². The molecule has 16 heavy (non-hydrogen) atoms. The number of hydrogen-bond acceptors (Lipinski definition) is 3. The van der Waals surface area contributed by atoms with Gasteiger partial charge in [-0.1, -0.05) is 15.9 Å². The normalized spacial score (nSPS) is 15.5. The van der Waals surface area contributed by atoms with E-state index in [1.54, 1.807) is 6.07 Å². The summed E-state index contributed by atoms with van der Waals surface area (Å²) in [7, 11) is 0. The summed E-state index contributed by atoms with van der Waals surface area (Å²) in [5.74, 6) is 0.748. The molecule has 0 amide bonds. The van der Waals surface area contributed by atoms with E-state index in [1.807, 2.05) is 13.0 Å². The fraction of sp³-hybridized carbons (Fsp3) is 0.417. The molecule has 0 aromatic heterocycles. The number of rotatable bonds is 2. The van der Waals surface area contributed by atoms with Gasteiger partial charge in [0.05, 0.1) is 13.2 Å². The van der Waals surface area contributed by atoms with E-state index in [-0.39, 0.29) is 12.4 Å². The van der Waals surface area contributed by atoms with Crippen LogP contribution in [0.2, 0.25) is 0 Å². The van der Waals surface area contributed by atoms with Crippen LogP contribution in [0.15, 0.2) is 16.6 Å². The van der Waals surface area contributed by atoms with E-state index in [0.29, 0.717) is 13.2 Å². The Morgan fingerprint density at radius 1 is 1.50 bits per heavy atom. The van der Waals surface area contributed by atoms with Crippen molar-refractivity contribution in [3.63, 3.8) is 0 Å². The van der Waals surface area contributed by atoms with E-state index >= 15 is 0 Å². The van der Waals surface area contributed by atoms with Crippen LogP contribution in [-0.2, 0) is 11.2 Å². The van der Waals surface area contributed by atoms with Crippen molar-refractivity contribution in [2.24, 2.45) is 0 Å². The zero-order chi connectivity index (χ0) is 11.5. The summed E-state index contributed by atoms with van der Waals surface area (Å²) in [6.07, 6.45) is 0.758. The van der Waals surface area contributed by atoms with Crippen molar-refractivity contribution < 1.29 is 14.3 Å². The zero-order valence-corrected chi connectivity index (χ0v) is 10.7. The molecule has 86 valence electrons. The molecule has 1 aliphatic rings. The third-order valence-electron chi connectivity index (χ3n) is 2.51. The summed E-state index contributed by atoms with van der Waals surface area (Å²) in [5.41, 5.74) is 1.74. The Morgan fingerprint density at radius 3 is 3.06 bits per heavy atom. The Morgan fingerprint density at radius 2 is 2.31 bits per heavy atom. The molecule has 1 aromatic carbocycles. The van der Waals surface area contributed by atoms with Gasteiger partial charge in [-0.25, -0.2) is 0 Å². The largest absolute Gasteiger partial charge is 0.494 e. The topological polar surface area (TPSA) is 35.5 Å². The highest BCUT2D eigenvalue weighted by atomic mass is 79.9. The lowest BCUT2D eigenvalue weighted by molar-refractivity contribution is 0.0788. The van der Waals surface area contributed by atoms with Crippen molar-refractivity contribution in [3.05, 3.63) is 27.7 Å². The molecule has 3 nitrogen and oxygen atoms in total.